The third-order valence-corrected chi connectivity index (χ3v) is 5.71. The lowest BCUT2D eigenvalue weighted by atomic mass is 9.91. The quantitative estimate of drug-likeness (QED) is 0.186. The molecule has 13 nitrogen and oxygen atoms in total. The van der Waals surface area contributed by atoms with Crippen LogP contribution in [0.5, 0.6) is 0 Å². The zero-order chi connectivity index (χ0) is 27.3. The number of urea groups is 1. The number of rotatable bonds is 9. The number of amidine groups is 1. The lowest BCUT2D eigenvalue weighted by molar-refractivity contribution is -0.158. The van der Waals surface area contributed by atoms with Crippen LogP contribution < -0.4 is 16.4 Å². The highest BCUT2D eigenvalue weighted by molar-refractivity contribution is 6.08. The third-order valence-electron chi connectivity index (χ3n) is 5.71. The van der Waals surface area contributed by atoms with Crippen molar-refractivity contribution in [2.45, 2.75) is 32.0 Å². The molecule has 5 amide bonds. The Hall–Kier alpha value is -4.94. The summed E-state index contributed by atoms with van der Waals surface area (Å²) in [7, 11) is 0. The number of carbonyl (C=O) groups is 5. The summed E-state index contributed by atoms with van der Waals surface area (Å²) >= 11 is 0. The van der Waals surface area contributed by atoms with Crippen molar-refractivity contribution in [1.29, 1.82) is 5.41 Å². The number of aliphatic carboxylic acids is 1. The summed E-state index contributed by atoms with van der Waals surface area (Å²) in [6, 6.07) is 12.0. The molecule has 2 aromatic rings. The number of nitrogens with zero attached hydrogens (tertiary/aromatic N) is 2. The van der Waals surface area contributed by atoms with E-state index in [2.05, 4.69) is 10.6 Å². The van der Waals surface area contributed by atoms with E-state index in [0.29, 0.717) is 26.7 Å². The van der Waals surface area contributed by atoms with Gasteiger partial charge < -0.3 is 26.2 Å². The Kier molecular flexibility index (Phi) is 7.76. The number of nitrogens with two attached hydrogens (primary N) is 1. The maximum Gasteiger partial charge on any atom is 0.408 e. The van der Waals surface area contributed by atoms with Gasteiger partial charge in [0.1, 0.15) is 24.0 Å². The maximum absolute atomic E-state index is 13.4. The molecular weight excluding hydrogens is 484 g/mol. The van der Waals surface area contributed by atoms with Gasteiger partial charge in [0, 0.05) is 12.5 Å². The fourth-order valence-corrected chi connectivity index (χ4v) is 3.64. The highest BCUT2D eigenvalue weighted by Crippen LogP contribution is 2.30. The van der Waals surface area contributed by atoms with E-state index in [9.17, 15) is 29.1 Å². The molecule has 2 atom stereocenters. The predicted molar refractivity (Wildman–Crippen MR) is 129 cm³/mol. The van der Waals surface area contributed by atoms with Crippen LogP contribution in [0, 0.1) is 5.41 Å². The maximum atomic E-state index is 13.4. The van der Waals surface area contributed by atoms with Crippen molar-refractivity contribution < 1.29 is 33.8 Å². The van der Waals surface area contributed by atoms with Gasteiger partial charge in [-0.05, 0) is 18.1 Å². The Morgan fingerprint density at radius 3 is 2.32 bits per heavy atom. The van der Waals surface area contributed by atoms with Crippen molar-refractivity contribution in [2.24, 2.45) is 5.73 Å². The molecule has 1 fully saturated rings. The van der Waals surface area contributed by atoms with Gasteiger partial charge >= 0.3 is 18.1 Å². The minimum atomic E-state index is -1.70. The number of ether oxygens (including phenoxy) is 1. The highest BCUT2D eigenvalue weighted by atomic mass is 16.5. The molecule has 1 aliphatic rings. The normalized spacial score (nSPS) is 17.5. The fourth-order valence-electron chi connectivity index (χ4n) is 3.64. The average Bonchev–Trinajstić information content (AvgIpc) is 3.09. The van der Waals surface area contributed by atoms with Crippen molar-refractivity contribution in [3.63, 3.8) is 0 Å². The first-order valence-electron chi connectivity index (χ1n) is 11.0. The summed E-state index contributed by atoms with van der Waals surface area (Å²) in [4.78, 5) is 62.6. The Balaban J connectivity index is 1.77. The monoisotopic (exact) mass is 510 g/mol. The van der Waals surface area contributed by atoms with Crippen molar-refractivity contribution in [1.82, 2.24) is 20.7 Å². The molecule has 0 aromatic heterocycles. The van der Waals surface area contributed by atoms with E-state index in [0.717, 1.165) is 6.92 Å². The van der Waals surface area contributed by atoms with Crippen LogP contribution in [0.25, 0.3) is 0 Å². The van der Waals surface area contributed by atoms with Gasteiger partial charge in [-0.15, -0.1) is 0 Å². The largest absolute Gasteiger partial charge is 0.480 e. The zero-order valence-electron chi connectivity index (χ0n) is 20.1. The van der Waals surface area contributed by atoms with E-state index in [1.165, 1.54) is 31.2 Å². The van der Waals surface area contributed by atoms with Crippen LogP contribution in [0.2, 0.25) is 0 Å². The van der Waals surface area contributed by atoms with E-state index in [1.807, 2.05) is 0 Å². The van der Waals surface area contributed by atoms with Gasteiger partial charge in [-0.25, -0.2) is 19.4 Å². The molecule has 1 aliphatic heterocycles. The summed E-state index contributed by atoms with van der Waals surface area (Å²) in [5, 5.41) is 22.9. The van der Waals surface area contributed by atoms with E-state index >= 15 is 0 Å². The fraction of sp³-hybridized carbons (Fsp3) is 0.250. The van der Waals surface area contributed by atoms with Crippen LogP contribution in [-0.2, 0) is 31.3 Å². The number of nitrogen functional groups attached to an aromatic ring is 1. The first-order chi connectivity index (χ1) is 17.4. The molecule has 0 radical (unpaired) electrons. The van der Waals surface area contributed by atoms with Gasteiger partial charge in [-0.1, -0.05) is 54.6 Å². The molecule has 1 saturated heterocycles. The molecule has 0 unspecified atom stereocenters. The zero-order valence-corrected chi connectivity index (χ0v) is 20.1. The molecule has 6 N–H and O–H groups in total. The van der Waals surface area contributed by atoms with Crippen molar-refractivity contribution in [3.05, 3.63) is 71.3 Å². The minimum Gasteiger partial charge on any atom is -0.480 e. The molecule has 194 valence electrons. The lowest BCUT2D eigenvalue weighted by Crippen LogP contribution is -2.57. The first kappa shape index (κ1) is 26.7. The summed E-state index contributed by atoms with van der Waals surface area (Å²) < 4.78 is 5.04. The number of carboxylic acid groups (broad SMARTS) is 1. The van der Waals surface area contributed by atoms with E-state index in [1.54, 1.807) is 30.3 Å². The molecule has 2 aromatic carbocycles. The second-order valence-corrected chi connectivity index (χ2v) is 8.36. The number of amides is 5. The van der Waals surface area contributed by atoms with E-state index < -0.39 is 48.0 Å². The van der Waals surface area contributed by atoms with E-state index in [4.69, 9.17) is 15.9 Å². The van der Waals surface area contributed by atoms with Crippen molar-refractivity contribution in [2.75, 3.05) is 6.54 Å². The van der Waals surface area contributed by atoms with Gasteiger partial charge in [0.15, 0.2) is 0 Å². The molecule has 0 spiro atoms. The summed E-state index contributed by atoms with van der Waals surface area (Å²) in [5.74, 6) is -3.36. The van der Waals surface area contributed by atoms with E-state index in [-0.39, 0.29) is 12.4 Å². The molecule has 3 rings (SSSR count). The highest BCUT2D eigenvalue weighted by Gasteiger charge is 2.52. The van der Waals surface area contributed by atoms with Crippen LogP contribution in [0.15, 0.2) is 54.6 Å². The van der Waals surface area contributed by atoms with Gasteiger partial charge in [0.25, 0.3) is 5.91 Å². The van der Waals surface area contributed by atoms with Gasteiger partial charge in [-0.2, -0.15) is 5.01 Å². The summed E-state index contributed by atoms with van der Waals surface area (Å²) in [5.41, 5.74) is 5.28. The Labute approximate surface area is 211 Å². The van der Waals surface area contributed by atoms with Crippen LogP contribution in [-0.4, -0.2) is 63.5 Å². The molecule has 13 heteroatoms. The average molecular weight is 511 g/mol. The summed E-state index contributed by atoms with van der Waals surface area (Å²) in [6.07, 6.45) is -1.06. The number of carbonyl (C=O) groups excluding carboxylic acids is 4. The molecule has 0 bridgehead atoms. The third kappa shape index (κ3) is 5.83. The topological polar surface area (TPSA) is 195 Å². The van der Waals surface area contributed by atoms with Crippen LogP contribution >= 0.6 is 0 Å². The summed E-state index contributed by atoms with van der Waals surface area (Å²) in [6.45, 7) is 1.61. The minimum absolute atomic E-state index is 0.122. The number of hydrogen-bond acceptors (Lipinski definition) is 7. The second kappa shape index (κ2) is 10.8. The van der Waals surface area contributed by atoms with Crippen LogP contribution in [0.1, 0.15) is 30.5 Å². The second-order valence-electron chi connectivity index (χ2n) is 8.36. The lowest BCUT2D eigenvalue weighted by Gasteiger charge is -2.31. The molecular formula is C24H26N6O7. The number of nitrogens with one attached hydrogen (secondary N) is 3. The predicted octanol–water partition coefficient (Wildman–Crippen LogP) is 0.881. The molecule has 37 heavy (non-hydrogen) atoms. The number of alkyl carbamates (subject to hydrolysis) is 1. The van der Waals surface area contributed by atoms with Gasteiger partial charge in [0.2, 0.25) is 5.91 Å². The number of carboxylic acids is 1. The van der Waals surface area contributed by atoms with Crippen molar-refractivity contribution in [3.8, 4) is 0 Å². The van der Waals surface area contributed by atoms with Gasteiger partial charge in [0.05, 0.1) is 6.54 Å². The number of hydrogen-bond donors (Lipinski definition) is 5. The van der Waals surface area contributed by atoms with Gasteiger partial charge in [-0.3, -0.25) is 15.0 Å². The molecule has 1 heterocycles. The van der Waals surface area contributed by atoms with Crippen molar-refractivity contribution >= 4 is 35.7 Å². The van der Waals surface area contributed by atoms with Crippen LogP contribution in [0.3, 0.4) is 0 Å². The van der Waals surface area contributed by atoms with Crippen LogP contribution in [0.4, 0.5) is 9.59 Å². The first-order valence-corrected chi connectivity index (χ1v) is 11.0. The molecule has 0 saturated carbocycles. The SMILES string of the molecule is CC(=O)N(C[C@H](NC(=O)OCc1ccccc1)C(=O)O)N1C(=O)N[C@](C)(c2ccc(C(=N)N)cc2)C1=O. The Morgan fingerprint density at radius 2 is 1.78 bits per heavy atom. The Morgan fingerprint density at radius 1 is 1.16 bits per heavy atom. The number of benzene rings is 2. The molecule has 0 aliphatic carbocycles. The smallest absolute Gasteiger partial charge is 0.408 e. The number of imide groups is 1. The number of hydrazine groups is 1. The Bertz CT molecular complexity index is 1230. The standard InChI is InChI=1S/C24H26N6O7/c1-14(31)29(12-18(20(32)33)27-23(36)37-13-15-6-4-3-5-7-15)30-21(34)24(2,28-22(30)35)17-10-8-16(9-11-17)19(25)26/h3-11,18H,12-13H2,1-2H3,(H3,25,26)(H,27,36)(H,28,35)(H,32,33)/t18-,24+/m0/s1.